The summed E-state index contributed by atoms with van der Waals surface area (Å²) >= 11 is 0. The molecule has 1 aliphatic rings. The Kier molecular flexibility index (Phi) is 5.22. The van der Waals surface area contributed by atoms with Gasteiger partial charge < -0.3 is 19.8 Å². The Labute approximate surface area is 138 Å². The molecule has 1 aromatic heterocycles. The zero-order chi connectivity index (χ0) is 17.7. The number of rotatable bonds is 7. The van der Waals surface area contributed by atoms with Crippen molar-refractivity contribution >= 4 is 23.8 Å². The predicted molar refractivity (Wildman–Crippen MR) is 80.6 cm³/mol. The van der Waals surface area contributed by atoms with Crippen LogP contribution in [0.2, 0.25) is 0 Å². The number of nitrogens with one attached hydrogen (secondary N) is 2. The van der Waals surface area contributed by atoms with Crippen molar-refractivity contribution in [2.75, 3.05) is 20.2 Å². The first-order valence-corrected chi connectivity index (χ1v) is 7.40. The first-order valence-electron chi connectivity index (χ1n) is 7.40. The summed E-state index contributed by atoms with van der Waals surface area (Å²) in [7, 11) is 1.29. The zero-order valence-electron chi connectivity index (χ0n) is 13.5. The molecular weight excluding hydrogens is 318 g/mol. The Morgan fingerprint density at radius 3 is 2.79 bits per heavy atom. The molecule has 1 aromatic rings. The van der Waals surface area contributed by atoms with E-state index in [0.29, 0.717) is 12.2 Å². The Hall–Kier alpha value is -2.84. The molecule has 2 heterocycles. The summed E-state index contributed by atoms with van der Waals surface area (Å²) < 4.78 is 9.68. The summed E-state index contributed by atoms with van der Waals surface area (Å²) in [6.45, 7) is 1.35. The van der Waals surface area contributed by atoms with E-state index in [2.05, 4.69) is 15.4 Å². The number of carbonyl (C=O) groups is 4. The standard InChI is InChI=1S/C15H19N3O6/c1-15(10-5-4-8-24-10)13(21)18(14(22)17-15)9-11(19)16-7-3-6-12(20)23-2/h4-5,8H,3,6-7,9H2,1-2H3,(H,16,19)(H,17,22)/t15-/m0/s1. The molecule has 1 atom stereocenters. The molecule has 4 amide bonds. The van der Waals surface area contributed by atoms with E-state index in [1.165, 1.54) is 20.3 Å². The number of esters is 1. The molecule has 0 aliphatic carbocycles. The number of amides is 4. The molecule has 1 aliphatic heterocycles. The normalized spacial score (nSPS) is 20.0. The van der Waals surface area contributed by atoms with E-state index in [1.807, 2.05) is 0 Å². The minimum absolute atomic E-state index is 0.177. The first-order chi connectivity index (χ1) is 11.4. The number of urea groups is 1. The molecule has 9 heteroatoms. The third-order valence-corrected chi connectivity index (χ3v) is 3.70. The molecular formula is C15H19N3O6. The topological polar surface area (TPSA) is 118 Å². The summed E-state index contributed by atoms with van der Waals surface area (Å²) in [6, 6.07) is 2.52. The van der Waals surface area contributed by atoms with Gasteiger partial charge in [0.1, 0.15) is 12.3 Å². The highest BCUT2D eigenvalue weighted by atomic mass is 16.5. The van der Waals surface area contributed by atoms with Gasteiger partial charge in [0.15, 0.2) is 5.54 Å². The van der Waals surface area contributed by atoms with Crippen molar-refractivity contribution in [3.63, 3.8) is 0 Å². The number of methoxy groups -OCH3 is 1. The molecule has 0 bridgehead atoms. The van der Waals surface area contributed by atoms with Crippen molar-refractivity contribution in [3.05, 3.63) is 24.2 Å². The minimum Gasteiger partial charge on any atom is -0.469 e. The first kappa shape index (κ1) is 17.5. The van der Waals surface area contributed by atoms with Gasteiger partial charge in [0.2, 0.25) is 5.91 Å². The highest BCUT2D eigenvalue weighted by Crippen LogP contribution is 2.28. The lowest BCUT2D eigenvalue weighted by Crippen LogP contribution is -2.43. The highest BCUT2D eigenvalue weighted by molar-refractivity contribution is 6.08. The summed E-state index contributed by atoms with van der Waals surface area (Å²) in [4.78, 5) is 48.1. The van der Waals surface area contributed by atoms with Crippen LogP contribution in [-0.4, -0.2) is 48.9 Å². The van der Waals surface area contributed by atoms with Crippen LogP contribution in [0.15, 0.2) is 22.8 Å². The Morgan fingerprint density at radius 1 is 1.42 bits per heavy atom. The molecule has 0 unspecified atom stereocenters. The van der Waals surface area contributed by atoms with Crippen LogP contribution in [0.25, 0.3) is 0 Å². The number of hydrogen-bond acceptors (Lipinski definition) is 6. The summed E-state index contributed by atoms with van der Waals surface area (Å²) in [6.07, 6.45) is 1.98. The third-order valence-electron chi connectivity index (χ3n) is 3.70. The van der Waals surface area contributed by atoms with Gasteiger partial charge in [-0.05, 0) is 25.5 Å². The number of nitrogens with zero attached hydrogens (tertiary/aromatic N) is 1. The SMILES string of the molecule is COC(=O)CCCNC(=O)CN1C(=O)N[C@@](C)(c2ccco2)C1=O. The maximum absolute atomic E-state index is 12.5. The number of hydrogen-bond donors (Lipinski definition) is 2. The molecule has 0 aromatic carbocycles. The van der Waals surface area contributed by atoms with Gasteiger partial charge in [0, 0.05) is 13.0 Å². The minimum atomic E-state index is -1.33. The molecule has 2 N–H and O–H groups in total. The average molecular weight is 337 g/mol. The van der Waals surface area contributed by atoms with Crippen LogP contribution in [-0.2, 0) is 24.7 Å². The second-order valence-corrected chi connectivity index (χ2v) is 5.45. The van der Waals surface area contributed by atoms with Crippen LogP contribution in [0.5, 0.6) is 0 Å². The van der Waals surface area contributed by atoms with Crippen molar-refractivity contribution in [1.29, 1.82) is 0 Å². The van der Waals surface area contributed by atoms with Gasteiger partial charge >= 0.3 is 12.0 Å². The zero-order valence-corrected chi connectivity index (χ0v) is 13.5. The fourth-order valence-corrected chi connectivity index (χ4v) is 2.33. The molecule has 0 spiro atoms. The van der Waals surface area contributed by atoms with Gasteiger partial charge in [-0.25, -0.2) is 4.79 Å². The number of imide groups is 1. The molecule has 0 saturated carbocycles. The Morgan fingerprint density at radius 2 is 2.17 bits per heavy atom. The lowest BCUT2D eigenvalue weighted by molar-refractivity contribution is -0.140. The van der Waals surface area contributed by atoms with E-state index in [1.54, 1.807) is 12.1 Å². The molecule has 1 fully saturated rings. The molecule has 24 heavy (non-hydrogen) atoms. The van der Waals surface area contributed by atoms with E-state index in [-0.39, 0.29) is 18.9 Å². The van der Waals surface area contributed by atoms with Crippen LogP contribution in [0.4, 0.5) is 4.79 Å². The molecule has 1 saturated heterocycles. The lowest BCUT2D eigenvalue weighted by Gasteiger charge is -2.18. The van der Waals surface area contributed by atoms with E-state index in [9.17, 15) is 19.2 Å². The fourth-order valence-electron chi connectivity index (χ4n) is 2.33. The molecule has 9 nitrogen and oxygen atoms in total. The number of carbonyl (C=O) groups excluding carboxylic acids is 4. The van der Waals surface area contributed by atoms with Gasteiger partial charge in [-0.1, -0.05) is 0 Å². The van der Waals surface area contributed by atoms with Gasteiger partial charge in [0.25, 0.3) is 5.91 Å². The summed E-state index contributed by atoms with van der Waals surface area (Å²) in [5.41, 5.74) is -1.33. The van der Waals surface area contributed by atoms with Crippen molar-refractivity contribution in [2.45, 2.75) is 25.3 Å². The molecule has 2 rings (SSSR count). The van der Waals surface area contributed by atoms with Crippen molar-refractivity contribution in [3.8, 4) is 0 Å². The van der Waals surface area contributed by atoms with E-state index >= 15 is 0 Å². The van der Waals surface area contributed by atoms with Crippen LogP contribution < -0.4 is 10.6 Å². The van der Waals surface area contributed by atoms with Gasteiger partial charge in [-0.2, -0.15) is 0 Å². The maximum Gasteiger partial charge on any atom is 0.325 e. The van der Waals surface area contributed by atoms with Crippen LogP contribution in [0.1, 0.15) is 25.5 Å². The highest BCUT2D eigenvalue weighted by Gasteiger charge is 2.51. The third kappa shape index (κ3) is 3.55. The quantitative estimate of drug-likeness (QED) is 0.414. The summed E-state index contributed by atoms with van der Waals surface area (Å²) in [5, 5.41) is 5.08. The Bertz CT molecular complexity index is 642. The van der Waals surface area contributed by atoms with Crippen molar-refractivity contribution < 1.29 is 28.3 Å². The van der Waals surface area contributed by atoms with E-state index in [0.717, 1.165) is 4.90 Å². The number of ether oxygens (including phenoxy) is 1. The van der Waals surface area contributed by atoms with Gasteiger partial charge in [-0.3, -0.25) is 19.3 Å². The Balaban J connectivity index is 1.88. The fraction of sp³-hybridized carbons (Fsp3) is 0.467. The smallest absolute Gasteiger partial charge is 0.325 e. The summed E-state index contributed by atoms with van der Waals surface area (Å²) in [5.74, 6) is -1.13. The van der Waals surface area contributed by atoms with Crippen molar-refractivity contribution in [1.82, 2.24) is 15.5 Å². The van der Waals surface area contributed by atoms with Crippen LogP contribution >= 0.6 is 0 Å². The number of furan rings is 1. The second-order valence-electron chi connectivity index (χ2n) is 5.45. The average Bonchev–Trinajstić information content (AvgIpc) is 3.16. The molecule has 0 radical (unpaired) electrons. The van der Waals surface area contributed by atoms with Crippen LogP contribution in [0.3, 0.4) is 0 Å². The molecule has 130 valence electrons. The lowest BCUT2D eigenvalue weighted by atomic mass is 9.99. The second kappa shape index (κ2) is 7.16. The van der Waals surface area contributed by atoms with E-state index in [4.69, 9.17) is 4.42 Å². The van der Waals surface area contributed by atoms with E-state index < -0.39 is 29.9 Å². The largest absolute Gasteiger partial charge is 0.469 e. The van der Waals surface area contributed by atoms with Crippen molar-refractivity contribution in [2.24, 2.45) is 0 Å². The predicted octanol–water partition coefficient (Wildman–Crippen LogP) is 0.116. The van der Waals surface area contributed by atoms with Gasteiger partial charge in [0.05, 0.1) is 13.4 Å². The van der Waals surface area contributed by atoms with Crippen LogP contribution in [0, 0.1) is 0 Å². The maximum atomic E-state index is 12.5. The van der Waals surface area contributed by atoms with Gasteiger partial charge in [-0.15, -0.1) is 0 Å². The monoisotopic (exact) mass is 337 g/mol.